The van der Waals surface area contributed by atoms with Crippen LogP contribution in [0.25, 0.3) is 0 Å². The predicted octanol–water partition coefficient (Wildman–Crippen LogP) is 3.85. The van der Waals surface area contributed by atoms with Gasteiger partial charge in [0.15, 0.2) is 0 Å². The number of hydrogen-bond acceptors (Lipinski definition) is 4. The van der Waals surface area contributed by atoms with Crippen molar-refractivity contribution in [1.29, 1.82) is 0 Å². The van der Waals surface area contributed by atoms with Gasteiger partial charge in [-0.2, -0.15) is 0 Å². The maximum Gasteiger partial charge on any atom is 0.249 e. The zero-order valence-electron chi connectivity index (χ0n) is 13.4. The quantitative estimate of drug-likeness (QED) is 0.845. The number of aromatic nitrogens is 1. The van der Waals surface area contributed by atoms with E-state index in [0.29, 0.717) is 6.10 Å². The SMILES string of the molecule is Cc1csc(C2CCCCN2C(=O)COC2CCCCC2)n1. The normalized spacial score (nSPS) is 23.7. The Morgan fingerprint density at radius 1 is 1.27 bits per heavy atom. The second-order valence-corrected chi connectivity index (χ2v) is 7.39. The molecule has 1 aromatic heterocycles. The number of carbonyl (C=O) groups is 1. The molecule has 0 bridgehead atoms. The lowest BCUT2D eigenvalue weighted by Gasteiger charge is -2.35. The molecule has 1 aromatic rings. The highest BCUT2D eigenvalue weighted by atomic mass is 32.1. The third kappa shape index (κ3) is 3.87. The van der Waals surface area contributed by atoms with E-state index >= 15 is 0 Å². The zero-order valence-corrected chi connectivity index (χ0v) is 14.2. The van der Waals surface area contributed by atoms with Crippen molar-refractivity contribution < 1.29 is 9.53 Å². The van der Waals surface area contributed by atoms with Crippen molar-refractivity contribution in [2.24, 2.45) is 0 Å². The fourth-order valence-electron chi connectivity index (χ4n) is 3.52. The zero-order chi connectivity index (χ0) is 15.4. The fourth-order valence-corrected chi connectivity index (χ4v) is 4.46. The molecule has 1 unspecified atom stereocenters. The van der Waals surface area contributed by atoms with Gasteiger partial charge in [-0.05, 0) is 39.0 Å². The molecule has 0 aromatic carbocycles. The number of hydrogen-bond donors (Lipinski definition) is 0. The van der Waals surface area contributed by atoms with E-state index < -0.39 is 0 Å². The minimum absolute atomic E-state index is 0.142. The number of piperidine rings is 1. The molecule has 0 N–H and O–H groups in total. The fraction of sp³-hybridized carbons (Fsp3) is 0.765. The van der Waals surface area contributed by atoms with Crippen LogP contribution >= 0.6 is 11.3 Å². The average molecular weight is 322 g/mol. The molecule has 1 aliphatic carbocycles. The second kappa shape index (κ2) is 7.55. The molecule has 2 fully saturated rings. The van der Waals surface area contributed by atoms with Gasteiger partial charge >= 0.3 is 0 Å². The van der Waals surface area contributed by atoms with Crippen molar-refractivity contribution in [3.05, 3.63) is 16.1 Å². The summed E-state index contributed by atoms with van der Waals surface area (Å²) in [6.07, 6.45) is 9.61. The lowest BCUT2D eigenvalue weighted by atomic mass is 9.98. The van der Waals surface area contributed by atoms with Gasteiger partial charge in [-0.3, -0.25) is 4.79 Å². The third-order valence-electron chi connectivity index (χ3n) is 4.74. The number of likely N-dealkylation sites (tertiary alicyclic amines) is 1. The summed E-state index contributed by atoms with van der Waals surface area (Å²) in [6, 6.07) is 0.162. The Hall–Kier alpha value is -0.940. The van der Waals surface area contributed by atoms with E-state index in [2.05, 4.69) is 10.4 Å². The van der Waals surface area contributed by atoms with Gasteiger partial charge in [0.2, 0.25) is 5.91 Å². The lowest BCUT2D eigenvalue weighted by molar-refractivity contribution is -0.142. The Bertz CT molecular complexity index is 497. The first-order valence-corrected chi connectivity index (χ1v) is 9.45. The Kier molecular flexibility index (Phi) is 5.47. The Labute approximate surface area is 136 Å². The predicted molar refractivity (Wildman–Crippen MR) is 88.0 cm³/mol. The maximum absolute atomic E-state index is 12.6. The van der Waals surface area contributed by atoms with Gasteiger partial charge in [0.05, 0.1) is 12.1 Å². The van der Waals surface area contributed by atoms with Crippen LogP contribution in [0.4, 0.5) is 0 Å². The van der Waals surface area contributed by atoms with E-state index in [1.807, 2.05) is 11.8 Å². The van der Waals surface area contributed by atoms with Crippen LogP contribution < -0.4 is 0 Å². The Balaban J connectivity index is 1.58. The molecular weight excluding hydrogens is 296 g/mol. The van der Waals surface area contributed by atoms with Crippen LogP contribution in [0.15, 0.2) is 5.38 Å². The first-order chi connectivity index (χ1) is 10.7. The average Bonchev–Trinajstić information content (AvgIpc) is 3.00. The van der Waals surface area contributed by atoms with E-state index in [1.54, 1.807) is 11.3 Å². The topological polar surface area (TPSA) is 42.4 Å². The number of amides is 1. The first-order valence-electron chi connectivity index (χ1n) is 8.57. The highest BCUT2D eigenvalue weighted by Gasteiger charge is 2.30. The molecule has 5 heteroatoms. The molecule has 4 nitrogen and oxygen atoms in total. The lowest BCUT2D eigenvalue weighted by Crippen LogP contribution is -2.41. The molecule has 2 heterocycles. The van der Waals surface area contributed by atoms with Crippen LogP contribution in [0.1, 0.15) is 68.1 Å². The third-order valence-corrected chi connectivity index (χ3v) is 5.80. The number of ether oxygens (including phenoxy) is 1. The summed E-state index contributed by atoms with van der Waals surface area (Å²) in [5.74, 6) is 0.142. The summed E-state index contributed by atoms with van der Waals surface area (Å²) in [6.45, 7) is 3.10. The van der Waals surface area contributed by atoms with E-state index in [0.717, 1.165) is 42.9 Å². The minimum atomic E-state index is 0.142. The summed E-state index contributed by atoms with van der Waals surface area (Å²) in [5, 5.41) is 3.16. The van der Waals surface area contributed by atoms with E-state index in [9.17, 15) is 4.79 Å². The van der Waals surface area contributed by atoms with Crippen molar-refractivity contribution in [3.8, 4) is 0 Å². The number of nitrogens with zero attached hydrogens (tertiary/aromatic N) is 2. The molecule has 2 aliphatic rings. The second-order valence-electron chi connectivity index (χ2n) is 6.50. The van der Waals surface area contributed by atoms with Crippen LogP contribution in [-0.2, 0) is 9.53 Å². The number of rotatable bonds is 4. The molecule has 22 heavy (non-hydrogen) atoms. The molecule has 1 aliphatic heterocycles. The molecule has 0 radical (unpaired) electrons. The summed E-state index contributed by atoms with van der Waals surface area (Å²) >= 11 is 1.68. The van der Waals surface area contributed by atoms with Crippen molar-refractivity contribution >= 4 is 17.2 Å². The van der Waals surface area contributed by atoms with Crippen molar-refractivity contribution in [2.75, 3.05) is 13.2 Å². The van der Waals surface area contributed by atoms with Crippen molar-refractivity contribution in [3.63, 3.8) is 0 Å². The monoisotopic (exact) mass is 322 g/mol. The molecule has 3 rings (SSSR count). The standard InChI is InChI=1S/C17H26N2O2S/c1-13-12-22-17(18-13)15-9-5-6-10-19(15)16(20)11-21-14-7-3-2-4-8-14/h12,14-15H,2-11H2,1H3. The Morgan fingerprint density at radius 2 is 2.05 bits per heavy atom. The molecule has 1 saturated carbocycles. The van der Waals surface area contributed by atoms with Gasteiger partial charge in [-0.15, -0.1) is 11.3 Å². The van der Waals surface area contributed by atoms with E-state index in [1.165, 1.54) is 25.7 Å². The van der Waals surface area contributed by atoms with Crippen LogP contribution in [-0.4, -0.2) is 35.0 Å². The molecule has 1 saturated heterocycles. The van der Waals surface area contributed by atoms with Gasteiger partial charge in [0, 0.05) is 17.6 Å². The van der Waals surface area contributed by atoms with Crippen molar-refractivity contribution in [2.45, 2.75) is 70.4 Å². The minimum Gasteiger partial charge on any atom is -0.368 e. The number of aryl methyl sites for hydroxylation is 1. The largest absolute Gasteiger partial charge is 0.368 e. The summed E-state index contributed by atoms with van der Waals surface area (Å²) in [4.78, 5) is 19.2. The van der Waals surface area contributed by atoms with Gasteiger partial charge < -0.3 is 9.64 Å². The van der Waals surface area contributed by atoms with Gasteiger partial charge in [0.1, 0.15) is 11.6 Å². The first kappa shape index (κ1) is 15.9. The van der Waals surface area contributed by atoms with Gasteiger partial charge in [-0.25, -0.2) is 4.98 Å². The van der Waals surface area contributed by atoms with Crippen LogP contribution in [0.3, 0.4) is 0 Å². The summed E-state index contributed by atoms with van der Waals surface area (Å²) in [7, 11) is 0. The highest BCUT2D eigenvalue weighted by Crippen LogP contribution is 2.33. The number of thiazole rings is 1. The molecule has 122 valence electrons. The number of carbonyl (C=O) groups excluding carboxylic acids is 1. The van der Waals surface area contributed by atoms with Gasteiger partial charge in [-0.1, -0.05) is 19.3 Å². The Morgan fingerprint density at radius 3 is 2.77 bits per heavy atom. The van der Waals surface area contributed by atoms with Crippen LogP contribution in [0, 0.1) is 6.92 Å². The van der Waals surface area contributed by atoms with Crippen molar-refractivity contribution in [1.82, 2.24) is 9.88 Å². The highest BCUT2D eigenvalue weighted by molar-refractivity contribution is 7.09. The van der Waals surface area contributed by atoms with E-state index in [-0.39, 0.29) is 18.6 Å². The van der Waals surface area contributed by atoms with E-state index in [4.69, 9.17) is 4.74 Å². The summed E-state index contributed by atoms with van der Waals surface area (Å²) < 4.78 is 5.88. The molecule has 0 spiro atoms. The molecule has 1 amide bonds. The van der Waals surface area contributed by atoms with Gasteiger partial charge in [0.25, 0.3) is 0 Å². The maximum atomic E-state index is 12.6. The molecule has 1 atom stereocenters. The summed E-state index contributed by atoms with van der Waals surface area (Å²) in [5.41, 5.74) is 1.05. The smallest absolute Gasteiger partial charge is 0.249 e. The molecular formula is C17H26N2O2S. The van der Waals surface area contributed by atoms with Crippen LogP contribution in [0.5, 0.6) is 0 Å². The van der Waals surface area contributed by atoms with Crippen LogP contribution in [0.2, 0.25) is 0 Å².